The normalized spacial score (nSPS) is 16.2. The van der Waals surface area contributed by atoms with Crippen molar-refractivity contribution >= 4 is 23.1 Å². The molecule has 4 rings (SSSR count). The third-order valence-corrected chi connectivity index (χ3v) is 4.28. The molecule has 0 radical (unpaired) electrons. The van der Waals surface area contributed by atoms with E-state index in [2.05, 4.69) is 27.5 Å². The Morgan fingerprint density at radius 3 is 2.31 bits per heavy atom. The summed E-state index contributed by atoms with van der Waals surface area (Å²) in [5.74, 6) is 0.303. The molecule has 1 amide bonds. The number of anilines is 2. The fourth-order valence-corrected chi connectivity index (χ4v) is 3.03. The third-order valence-electron chi connectivity index (χ3n) is 4.28. The summed E-state index contributed by atoms with van der Waals surface area (Å²) in [6.45, 7) is 0. The molecule has 0 bridgehead atoms. The minimum absolute atomic E-state index is 0.0110. The van der Waals surface area contributed by atoms with Gasteiger partial charge in [-0.05, 0) is 29.8 Å². The maximum atomic E-state index is 12.7. The predicted octanol–water partition coefficient (Wildman–Crippen LogP) is 4.03. The number of aromatic nitrogens is 1. The van der Waals surface area contributed by atoms with Crippen molar-refractivity contribution in [3.8, 4) is 0 Å². The van der Waals surface area contributed by atoms with Crippen LogP contribution in [0.3, 0.4) is 0 Å². The van der Waals surface area contributed by atoms with Crippen LogP contribution in [-0.4, -0.2) is 16.6 Å². The highest BCUT2D eigenvalue weighted by Crippen LogP contribution is 2.35. The zero-order valence-corrected chi connectivity index (χ0v) is 14.1. The van der Waals surface area contributed by atoms with E-state index in [0.717, 1.165) is 11.3 Å². The second-order valence-corrected chi connectivity index (χ2v) is 6.03. The Labute approximate surface area is 152 Å². The summed E-state index contributed by atoms with van der Waals surface area (Å²) in [6.07, 6.45) is 2.19. The number of pyridine rings is 1. The van der Waals surface area contributed by atoms with E-state index < -0.39 is 0 Å². The SMILES string of the molecule is O=C(Nc1ccccn1)C1=NN(c2ccccc2)[C@H](c2ccccc2)C1. The highest BCUT2D eigenvalue weighted by Gasteiger charge is 2.32. The fraction of sp³-hybridized carbons (Fsp3) is 0.0952. The van der Waals surface area contributed by atoms with Gasteiger partial charge in [0.2, 0.25) is 0 Å². The Balaban J connectivity index is 1.63. The van der Waals surface area contributed by atoms with Crippen LogP contribution in [0.2, 0.25) is 0 Å². The highest BCUT2D eigenvalue weighted by atomic mass is 16.2. The van der Waals surface area contributed by atoms with Crippen molar-refractivity contribution in [1.29, 1.82) is 0 Å². The maximum Gasteiger partial charge on any atom is 0.273 e. The zero-order valence-electron chi connectivity index (χ0n) is 14.1. The molecular weight excluding hydrogens is 324 g/mol. The summed E-state index contributed by atoms with van der Waals surface area (Å²) >= 11 is 0. The van der Waals surface area contributed by atoms with Crippen molar-refractivity contribution in [2.24, 2.45) is 5.10 Å². The number of hydrogen-bond acceptors (Lipinski definition) is 4. The van der Waals surface area contributed by atoms with Gasteiger partial charge in [-0.25, -0.2) is 4.98 Å². The van der Waals surface area contributed by atoms with Crippen LogP contribution in [0.5, 0.6) is 0 Å². The number of benzene rings is 2. The van der Waals surface area contributed by atoms with Crippen molar-refractivity contribution in [2.75, 3.05) is 10.3 Å². The average molecular weight is 342 g/mol. The van der Waals surface area contributed by atoms with Crippen LogP contribution in [0.15, 0.2) is 90.2 Å². The summed E-state index contributed by atoms with van der Waals surface area (Å²) in [5, 5.41) is 9.36. The number of nitrogens with one attached hydrogen (secondary N) is 1. The lowest BCUT2D eigenvalue weighted by Crippen LogP contribution is -2.22. The molecule has 5 heteroatoms. The molecular formula is C21H18N4O. The summed E-state index contributed by atoms with van der Waals surface area (Å²) < 4.78 is 0. The van der Waals surface area contributed by atoms with Gasteiger partial charge in [0.1, 0.15) is 11.5 Å². The summed E-state index contributed by atoms with van der Waals surface area (Å²) in [5.41, 5.74) is 2.58. The first-order valence-corrected chi connectivity index (χ1v) is 8.50. The second-order valence-electron chi connectivity index (χ2n) is 6.03. The number of hydrogen-bond donors (Lipinski definition) is 1. The monoisotopic (exact) mass is 342 g/mol. The lowest BCUT2D eigenvalue weighted by molar-refractivity contribution is -0.110. The molecule has 2 heterocycles. The standard InChI is InChI=1S/C21H18N4O/c26-21(23-20-13-7-8-14-22-20)18-15-19(16-9-3-1-4-10-16)25(24-18)17-11-5-2-6-12-17/h1-14,19H,15H2,(H,22,23,26)/t19-/m0/s1. The molecule has 0 unspecified atom stereocenters. The molecule has 5 nitrogen and oxygen atoms in total. The number of carbonyl (C=O) groups is 1. The summed E-state index contributed by atoms with van der Waals surface area (Å²) in [6, 6.07) is 25.4. The van der Waals surface area contributed by atoms with E-state index in [1.807, 2.05) is 65.7 Å². The fourth-order valence-electron chi connectivity index (χ4n) is 3.03. The quantitative estimate of drug-likeness (QED) is 0.779. The molecule has 1 aliphatic heterocycles. The predicted molar refractivity (Wildman–Crippen MR) is 103 cm³/mol. The third kappa shape index (κ3) is 3.32. The molecule has 1 N–H and O–H groups in total. The van der Waals surface area contributed by atoms with Crippen LogP contribution >= 0.6 is 0 Å². The Kier molecular flexibility index (Phi) is 4.43. The van der Waals surface area contributed by atoms with Crippen molar-refractivity contribution in [3.05, 3.63) is 90.6 Å². The van der Waals surface area contributed by atoms with Crippen LogP contribution in [0.1, 0.15) is 18.0 Å². The van der Waals surface area contributed by atoms with Gasteiger partial charge in [0, 0.05) is 12.6 Å². The van der Waals surface area contributed by atoms with Crippen molar-refractivity contribution in [2.45, 2.75) is 12.5 Å². The number of nitrogens with zero attached hydrogens (tertiary/aromatic N) is 3. The van der Waals surface area contributed by atoms with Crippen molar-refractivity contribution in [1.82, 2.24) is 4.98 Å². The molecule has 2 aromatic carbocycles. The smallest absolute Gasteiger partial charge is 0.273 e. The molecule has 0 fully saturated rings. The summed E-state index contributed by atoms with van der Waals surface area (Å²) in [4.78, 5) is 16.8. The first-order valence-electron chi connectivity index (χ1n) is 8.50. The van der Waals surface area contributed by atoms with E-state index in [1.165, 1.54) is 0 Å². The molecule has 128 valence electrons. The minimum atomic E-state index is -0.219. The van der Waals surface area contributed by atoms with Crippen molar-refractivity contribution in [3.63, 3.8) is 0 Å². The Morgan fingerprint density at radius 2 is 1.62 bits per heavy atom. The highest BCUT2D eigenvalue weighted by molar-refractivity contribution is 6.43. The van der Waals surface area contributed by atoms with Gasteiger partial charge in [-0.1, -0.05) is 54.6 Å². The van der Waals surface area contributed by atoms with E-state index in [4.69, 9.17) is 0 Å². The van der Waals surface area contributed by atoms with Crippen LogP contribution in [-0.2, 0) is 4.79 Å². The molecule has 1 aliphatic rings. The van der Waals surface area contributed by atoms with Crippen LogP contribution in [0.25, 0.3) is 0 Å². The van der Waals surface area contributed by atoms with Crippen LogP contribution in [0.4, 0.5) is 11.5 Å². The van der Waals surface area contributed by atoms with Crippen LogP contribution < -0.4 is 10.3 Å². The topological polar surface area (TPSA) is 57.6 Å². The Hall–Kier alpha value is -3.47. The minimum Gasteiger partial charge on any atom is -0.305 e. The molecule has 3 aromatic rings. The largest absolute Gasteiger partial charge is 0.305 e. The maximum absolute atomic E-state index is 12.7. The lowest BCUT2D eigenvalue weighted by atomic mass is 10.0. The van der Waals surface area contributed by atoms with Gasteiger partial charge in [-0.15, -0.1) is 0 Å². The van der Waals surface area contributed by atoms with Gasteiger partial charge in [-0.2, -0.15) is 5.10 Å². The Morgan fingerprint density at radius 1 is 0.923 bits per heavy atom. The van der Waals surface area contributed by atoms with Crippen molar-refractivity contribution < 1.29 is 4.79 Å². The van der Waals surface area contributed by atoms with E-state index in [0.29, 0.717) is 18.0 Å². The van der Waals surface area contributed by atoms with Gasteiger partial charge < -0.3 is 5.32 Å². The number of hydrazone groups is 1. The van der Waals surface area contributed by atoms with Gasteiger partial charge >= 0.3 is 0 Å². The van der Waals surface area contributed by atoms with E-state index in [-0.39, 0.29) is 11.9 Å². The molecule has 0 saturated carbocycles. The number of amides is 1. The summed E-state index contributed by atoms with van der Waals surface area (Å²) in [7, 11) is 0. The number of carbonyl (C=O) groups excluding carboxylic acids is 1. The molecule has 26 heavy (non-hydrogen) atoms. The lowest BCUT2D eigenvalue weighted by Gasteiger charge is -2.23. The zero-order chi connectivity index (χ0) is 17.8. The van der Waals surface area contributed by atoms with Gasteiger partial charge in [0.25, 0.3) is 5.91 Å². The number of para-hydroxylation sites is 1. The van der Waals surface area contributed by atoms with E-state index in [1.54, 1.807) is 12.3 Å². The second kappa shape index (κ2) is 7.19. The first kappa shape index (κ1) is 16.0. The molecule has 0 aliphatic carbocycles. The first-order chi connectivity index (χ1) is 12.8. The van der Waals surface area contributed by atoms with Gasteiger partial charge in [0.15, 0.2) is 0 Å². The van der Waals surface area contributed by atoms with Gasteiger partial charge in [0.05, 0.1) is 11.7 Å². The Bertz CT molecular complexity index is 911. The van der Waals surface area contributed by atoms with Crippen LogP contribution in [0, 0.1) is 0 Å². The molecule has 1 atom stereocenters. The molecule has 1 aromatic heterocycles. The van der Waals surface area contributed by atoms with E-state index in [9.17, 15) is 4.79 Å². The number of rotatable bonds is 4. The van der Waals surface area contributed by atoms with Gasteiger partial charge in [-0.3, -0.25) is 9.80 Å². The molecule has 0 spiro atoms. The molecule has 0 saturated heterocycles. The van der Waals surface area contributed by atoms with E-state index >= 15 is 0 Å². The average Bonchev–Trinajstić information content (AvgIpc) is 3.16.